The summed E-state index contributed by atoms with van der Waals surface area (Å²) in [5, 5.41) is 3.77. The summed E-state index contributed by atoms with van der Waals surface area (Å²) in [5.74, 6) is 0.644. The molecule has 1 heterocycles. The van der Waals surface area contributed by atoms with Crippen molar-refractivity contribution in [2.75, 3.05) is 6.54 Å². The molecule has 0 spiro atoms. The predicted octanol–water partition coefficient (Wildman–Crippen LogP) is 3.85. The zero-order chi connectivity index (χ0) is 12.6. The van der Waals surface area contributed by atoms with E-state index in [-0.39, 0.29) is 5.54 Å². The van der Waals surface area contributed by atoms with E-state index in [2.05, 4.69) is 52.1 Å². The molecule has 1 heteroatoms. The first-order chi connectivity index (χ1) is 7.97. The molecule has 0 aromatic heterocycles. The zero-order valence-electron chi connectivity index (χ0n) is 11.9. The van der Waals surface area contributed by atoms with Crippen LogP contribution in [0.15, 0.2) is 12.1 Å². The Bertz CT molecular complexity index is 412. The van der Waals surface area contributed by atoms with Crippen LogP contribution in [0, 0.1) is 26.7 Å². The van der Waals surface area contributed by atoms with E-state index in [9.17, 15) is 0 Å². The summed E-state index contributed by atoms with van der Waals surface area (Å²) in [4.78, 5) is 0. The smallest absolute Gasteiger partial charge is 0.0461 e. The lowest BCUT2D eigenvalue weighted by Gasteiger charge is -2.36. The van der Waals surface area contributed by atoms with E-state index >= 15 is 0 Å². The van der Waals surface area contributed by atoms with Crippen molar-refractivity contribution in [3.63, 3.8) is 0 Å². The minimum Gasteiger partial charge on any atom is -0.307 e. The van der Waals surface area contributed by atoms with Crippen molar-refractivity contribution >= 4 is 0 Å². The van der Waals surface area contributed by atoms with Gasteiger partial charge in [-0.1, -0.05) is 26.0 Å². The Labute approximate surface area is 106 Å². The molecule has 1 atom stereocenters. The Kier molecular flexibility index (Phi) is 3.31. The van der Waals surface area contributed by atoms with Gasteiger partial charge in [0.2, 0.25) is 0 Å². The minimum absolute atomic E-state index is 0.211. The first-order valence-corrected chi connectivity index (χ1v) is 6.81. The molecule has 17 heavy (non-hydrogen) atoms. The van der Waals surface area contributed by atoms with Crippen LogP contribution in [0.5, 0.6) is 0 Å². The van der Waals surface area contributed by atoms with Crippen molar-refractivity contribution in [2.45, 2.75) is 53.0 Å². The van der Waals surface area contributed by atoms with E-state index in [0.29, 0.717) is 5.92 Å². The van der Waals surface area contributed by atoms with Crippen LogP contribution in [-0.2, 0) is 5.54 Å². The molecular formula is C16H25N. The monoisotopic (exact) mass is 231 g/mol. The molecule has 1 aromatic carbocycles. The molecule has 1 fully saturated rings. The Morgan fingerprint density at radius 2 is 1.71 bits per heavy atom. The highest BCUT2D eigenvalue weighted by Gasteiger charge is 2.39. The number of nitrogens with one attached hydrogen (secondary N) is 1. The Balaban J connectivity index is 2.54. The second-order valence-corrected chi connectivity index (χ2v) is 5.91. The summed E-state index contributed by atoms with van der Waals surface area (Å²) in [7, 11) is 0. The molecular weight excluding hydrogens is 206 g/mol. The second-order valence-electron chi connectivity index (χ2n) is 5.91. The molecule has 1 unspecified atom stereocenters. The quantitative estimate of drug-likeness (QED) is 0.815. The lowest BCUT2D eigenvalue weighted by Crippen LogP contribution is -2.42. The van der Waals surface area contributed by atoms with Gasteiger partial charge < -0.3 is 5.32 Å². The molecule has 0 radical (unpaired) electrons. The van der Waals surface area contributed by atoms with Gasteiger partial charge in [0.15, 0.2) is 0 Å². The van der Waals surface area contributed by atoms with Gasteiger partial charge in [-0.25, -0.2) is 0 Å². The highest BCUT2D eigenvalue weighted by Crippen LogP contribution is 2.39. The van der Waals surface area contributed by atoms with Crippen molar-refractivity contribution < 1.29 is 0 Å². The number of benzene rings is 1. The third-order valence-electron chi connectivity index (χ3n) is 4.50. The Morgan fingerprint density at radius 1 is 1.06 bits per heavy atom. The van der Waals surface area contributed by atoms with Crippen LogP contribution in [0.2, 0.25) is 0 Å². The number of rotatable bonds is 2. The Hall–Kier alpha value is -0.820. The van der Waals surface area contributed by atoms with Gasteiger partial charge in [0.1, 0.15) is 0 Å². The number of hydrogen-bond acceptors (Lipinski definition) is 1. The summed E-state index contributed by atoms with van der Waals surface area (Å²) >= 11 is 0. The second kappa shape index (κ2) is 4.45. The van der Waals surface area contributed by atoms with Crippen molar-refractivity contribution in [3.8, 4) is 0 Å². The van der Waals surface area contributed by atoms with Gasteiger partial charge in [-0.05, 0) is 68.3 Å². The highest BCUT2D eigenvalue weighted by molar-refractivity contribution is 5.41. The summed E-state index contributed by atoms with van der Waals surface area (Å²) < 4.78 is 0. The van der Waals surface area contributed by atoms with Gasteiger partial charge in [-0.3, -0.25) is 0 Å². The van der Waals surface area contributed by atoms with Crippen LogP contribution in [0.25, 0.3) is 0 Å². The van der Waals surface area contributed by atoms with Gasteiger partial charge in [0.05, 0.1) is 0 Å². The van der Waals surface area contributed by atoms with Crippen LogP contribution >= 0.6 is 0 Å². The molecule has 2 rings (SSSR count). The maximum atomic E-state index is 3.77. The van der Waals surface area contributed by atoms with E-state index in [1.807, 2.05) is 0 Å². The van der Waals surface area contributed by atoms with Gasteiger partial charge in [-0.15, -0.1) is 0 Å². The summed E-state index contributed by atoms with van der Waals surface area (Å²) in [6.45, 7) is 12.5. The first-order valence-electron chi connectivity index (χ1n) is 6.81. The standard InChI is InChI=1S/C16H25N/c1-11(2)16(7-6-8-17-16)15-10-13(4)12(3)9-14(15)5/h9-11,17H,6-8H2,1-5H3. The molecule has 94 valence electrons. The van der Waals surface area contributed by atoms with Crippen molar-refractivity contribution in [1.29, 1.82) is 0 Å². The lowest BCUT2D eigenvalue weighted by molar-refractivity contribution is 0.276. The lowest BCUT2D eigenvalue weighted by atomic mass is 9.76. The van der Waals surface area contributed by atoms with Gasteiger partial charge >= 0.3 is 0 Å². The third kappa shape index (κ3) is 2.01. The number of aryl methyl sites for hydroxylation is 3. The van der Waals surface area contributed by atoms with Gasteiger partial charge in [0, 0.05) is 5.54 Å². The van der Waals surface area contributed by atoms with Gasteiger partial charge in [0.25, 0.3) is 0 Å². The largest absolute Gasteiger partial charge is 0.307 e. The van der Waals surface area contributed by atoms with E-state index < -0.39 is 0 Å². The summed E-state index contributed by atoms with van der Waals surface area (Å²) in [6.07, 6.45) is 2.57. The van der Waals surface area contributed by atoms with Crippen LogP contribution in [-0.4, -0.2) is 6.54 Å². The molecule has 1 N–H and O–H groups in total. The zero-order valence-corrected chi connectivity index (χ0v) is 11.9. The van der Waals surface area contributed by atoms with Gasteiger partial charge in [-0.2, -0.15) is 0 Å². The maximum absolute atomic E-state index is 3.77. The van der Waals surface area contributed by atoms with E-state index in [4.69, 9.17) is 0 Å². The average Bonchev–Trinajstić information content (AvgIpc) is 2.73. The minimum atomic E-state index is 0.211. The molecule has 0 amide bonds. The van der Waals surface area contributed by atoms with E-state index in [1.165, 1.54) is 35.1 Å². The fourth-order valence-electron chi connectivity index (χ4n) is 3.24. The molecule has 1 aliphatic rings. The molecule has 1 aliphatic heterocycles. The van der Waals surface area contributed by atoms with E-state index in [0.717, 1.165) is 6.54 Å². The van der Waals surface area contributed by atoms with Crippen molar-refractivity contribution in [2.24, 2.45) is 5.92 Å². The van der Waals surface area contributed by atoms with Crippen molar-refractivity contribution in [3.05, 3.63) is 34.4 Å². The highest BCUT2D eigenvalue weighted by atomic mass is 15.0. The Morgan fingerprint density at radius 3 is 2.24 bits per heavy atom. The SMILES string of the molecule is Cc1cc(C)c(C2(C(C)C)CCCN2)cc1C. The summed E-state index contributed by atoms with van der Waals surface area (Å²) in [5.41, 5.74) is 5.99. The fourth-order valence-corrected chi connectivity index (χ4v) is 3.24. The summed E-state index contributed by atoms with van der Waals surface area (Å²) in [6, 6.07) is 4.75. The number of hydrogen-bond donors (Lipinski definition) is 1. The first kappa shape index (κ1) is 12.6. The van der Waals surface area contributed by atoms with Crippen LogP contribution in [0.1, 0.15) is 48.9 Å². The molecule has 1 aromatic rings. The van der Waals surface area contributed by atoms with Crippen LogP contribution in [0.4, 0.5) is 0 Å². The maximum Gasteiger partial charge on any atom is 0.0461 e. The topological polar surface area (TPSA) is 12.0 Å². The molecule has 0 bridgehead atoms. The van der Waals surface area contributed by atoms with E-state index in [1.54, 1.807) is 0 Å². The molecule has 0 saturated carbocycles. The average molecular weight is 231 g/mol. The van der Waals surface area contributed by atoms with Crippen LogP contribution < -0.4 is 5.32 Å². The predicted molar refractivity (Wildman–Crippen MR) is 74.4 cm³/mol. The van der Waals surface area contributed by atoms with Crippen molar-refractivity contribution in [1.82, 2.24) is 5.32 Å². The fraction of sp³-hybridized carbons (Fsp3) is 0.625. The van der Waals surface area contributed by atoms with Crippen LogP contribution in [0.3, 0.4) is 0 Å². The third-order valence-corrected chi connectivity index (χ3v) is 4.50. The molecule has 1 saturated heterocycles. The molecule has 0 aliphatic carbocycles. The molecule has 1 nitrogen and oxygen atoms in total. The normalized spacial score (nSPS) is 24.6.